The lowest BCUT2D eigenvalue weighted by Gasteiger charge is -2.36. The fourth-order valence-electron chi connectivity index (χ4n) is 3.96. The van der Waals surface area contributed by atoms with E-state index < -0.39 is 5.67 Å². The molecule has 0 N–H and O–H groups in total. The molecule has 1 heteroatoms. The molecule has 19 heavy (non-hydrogen) atoms. The van der Waals surface area contributed by atoms with Gasteiger partial charge in [0, 0.05) is 0 Å². The number of rotatable bonds is 1. The van der Waals surface area contributed by atoms with E-state index in [9.17, 15) is 0 Å². The van der Waals surface area contributed by atoms with Gasteiger partial charge in [-0.05, 0) is 62.9 Å². The molecule has 0 nitrogen and oxygen atoms in total. The van der Waals surface area contributed by atoms with Gasteiger partial charge >= 0.3 is 0 Å². The molecule has 0 aromatic carbocycles. The Bertz CT molecular complexity index is 316. The lowest BCUT2D eigenvalue weighted by Crippen LogP contribution is -2.34. The Morgan fingerprint density at radius 3 is 1.95 bits per heavy atom. The lowest BCUT2D eigenvalue weighted by molar-refractivity contribution is 0.118. The average Bonchev–Trinajstić information content (AvgIpc) is 2.47. The standard InChI is InChI=1S/C18H31F/c1-15(2)18(19)14-10-6-8-12-16-11-7-4-3-5-9-13-17(16)18/h15H,3-14H2,1-2H3/b17-16-. The number of hydrogen-bond acceptors (Lipinski definition) is 0. The van der Waals surface area contributed by atoms with Gasteiger partial charge in [0.1, 0.15) is 5.67 Å². The normalized spacial score (nSPS) is 34.7. The molecule has 110 valence electrons. The van der Waals surface area contributed by atoms with Crippen LogP contribution in [0, 0.1) is 5.92 Å². The monoisotopic (exact) mass is 266 g/mol. The van der Waals surface area contributed by atoms with Gasteiger partial charge in [0.15, 0.2) is 0 Å². The Hall–Kier alpha value is -0.330. The molecular formula is C18H31F. The highest BCUT2D eigenvalue weighted by atomic mass is 19.1. The third kappa shape index (κ3) is 3.61. The van der Waals surface area contributed by atoms with Crippen molar-refractivity contribution in [3.8, 4) is 0 Å². The van der Waals surface area contributed by atoms with E-state index >= 15 is 4.39 Å². The predicted molar refractivity (Wildman–Crippen MR) is 81.1 cm³/mol. The molecule has 2 aliphatic carbocycles. The third-order valence-electron chi connectivity index (χ3n) is 5.27. The molecule has 0 saturated carbocycles. The van der Waals surface area contributed by atoms with E-state index in [1.165, 1.54) is 68.9 Å². The van der Waals surface area contributed by atoms with Gasteiger partial charge in [0.25, 0.3) is 0 Å². The molecule has 0 heterocycles. The Kier molecular flexibility index (Phi) is 5.47. The lowest BCUT2D eigenvalue weighted by atomic mass is 9.74. The molecule has 0 amide bonds. The van der Waals surface area contributed by atoms with Gasteiger partial charge in [0.2, 0.25) is 0 Å². The van der Waals surface area contributed by atoms with Crippen LogP contribution in [-0.4, -0.2) is 5.67 Å². The van der Waals surface area contributed by atoms with E-state index in [-0.39, 0.29) is 5.92 Å². The van der Waals surface area contributed by atoms with Crippen LogP contribution < -0.4 is 0 Å². The van der Waals surface area contributed by atoms with Crippen LogP contribution in [0.5, 0.6) is 0 Å². The topological polar surface area (TPSA) is 0 Å². The summed E-state index contributed by atoms with van der Waals surface area (Å²) in [5, 5.41) is 0. The second-order valence-electron chi connectivity index (χ2n) is 6.93. The van der Waals surface area contributed by atoms with Crippen LogP contribution in [0.25, 0.3) is 0 Å². The minimum atomic E-state index is -1.000. The summed E-state index contributed by atoms with van der Waals surface area (Å²) < 4.78 is 15.7. The second-order valence-corrected chi connectivity index (χ2v) is 6.93. The van der Waals surface area contributed by atoms with Crippen LogP contribution in [0.3, 0.4) is 0 Å². The van der Waals surface area contributed by atoms with Gasteiger partial charge in [-0.3, -0.25) is 0 Å². The number of allylic oxidation sites excluding steroid dienone is 2. The first kappa shape index (κ1) is 15.1. The first-order valence-corrected chi connectivity index (χ1v) is 8.55. The van der Waals surface area contributed by atoms with Crippen molar-refractivity contribution in [3.05, 3.63) is 11.1 Å². The highest BCUT2D eigenvalue weighted by Crippen LogP contribution is 2.44. The highest BCUT2D eigenvalue weighted by Gasteiger charge is 2.39. The molecule has 0 aliphatic heterocycles. The Labute approximate surface area is 118 Å². The van der Waals surface area contributed by atoms with Crippen molar-refractivity contribution in [2.75, 3.05) is 0 Å². The summed E-state index contributed by atoms with van der Waals surface area (Å²) >= 11 is 0. The van der Waals surface area contributed by atoms with Crippen molar-refractivity contribution in [2.24, 2.45) is 5.92 Å². The summed E-state index contributed by atoms with van der Waals surface area (Å²) in [5.41, 5.74) is 1.75. The minimum Gasteiger partial charge on any atom is -0.239 e. The highest BCUT2D eigenvalue weighted by molar-refractivity contribution is 5.26. The van der Waals surface area contributed by atoms with Crippen molar-refractivity contribution in [1.82, 2.24) is 0 Å². The summed E-state index contributed by atoms with van der Waals surface area (Å²) in [5.74, 6) is 0.136. The van der Waals surface area contributed by atoms with Crippen LogP contribution in [-0.2, 0) is 0 Å². The smallest absolute Gasteiger partial charge is 0.134 e. The zero-order valence-electron chi connectivity index (χ0n) is 12.9. The molecule has 0 aromatic heterocycles. The molecule has 0 saturated heterocycles. The number of alkyl halides is 1. The fourth-order valence-corrected chi connectivity index (χ4v) is 3.96. The molecule has 1 unspecified atom stereocenters. The molecule has 0 spiro atoms. The van der Waals surface area contributed by atoms with Crippen LogP contribution in [0.4, 0.5) is 4.39 Å². The summed E-state index contributed by atoms with van der Waals surface area (Å²) in [6.45, 7) is 4.16. The van der Waals surface area contributed by atoms with Gasteiger partial charge in [-0.1, -0.05) is 45.1 Å². The van der Waals surface area contributed by atoms with E-state index in [1.54, 1.807) is 0 Å². The van der Waals surface area contributed by atoms with Gasteiger partial charge in [-0.2, -0.15) is 0 Å². The number of halogens is 1. The van der Waals surface area contributed by atoms with Crippen LogP contribution in [0.15, 0.2) is 11.1 Å². The van der Waals surface area contributed by atoms with Crippen LogP contribution >= 0.6 is 0 Å². The molecule has 0 aromatic rings. The average molecular weight is 266 g/mol. The van der Waals surface area contributed by atoms with Crippen LogP contribution in [0.2, 0.25) is 0 Å². The maximum Gasteiger partial charge on any atom is 0.134 e. The predicted octanol–water partition coefficient (Wildman–Crippen LogP) is 6.36. The SMILES string of the molecule is CC(C)C1(F)CCCCC/C2=C\1CCCCCCC2. The molecule has 0 radical (unpaired) electrons. The Morgan fingerprint density at radius 2 is 1.32 bits per heavy atom. The van der Waals surface area contributed by atoms with Gasteiger partial charge in [-0.25, -0.2) is 4.39 Å². The molecule has 1 atom stereocenters. The Balaban J connectivity index is 2.32. The first-order chi connectivity index (χ1) is 9.14. The largest absolute Gasteiger partial charge is 0.239 e. The van der Waals surface area contributed by atoms with Crippen molar-refractivity contribution in [2.45, 2.75) is 96.6 Å². The van der Waals surface area contributed by atoms with E-state index in [2.05, 4.69) is 13.8 Å². The number of hydrogen-bond donors (Lipinski definition) is 0. The molecular weight excluding hydrogens is 235 g/mol. The summed E-state index contributed by atoms with van der Waals surface area (Å²) in [6.07, 6.45) is 14.2. The van der Waals surface area contributed by atoms with Crippen molar-refractivity contribution in [3.63, 3.8) is 0 Å². The zero-order valence-corrected chi connectivity index (χ0v) is 12.9. The summed E-state index contributed by atoms with van der Waals surface area (Å²) in [6, 6.07) is 0. The minimum absolute atomic E-state index is 0.136. The van der Waals surface area contributed by atoms with Crippen LogP contribution in [0.1, 0.15) is 90.9 Å². The summed E-state index contributed by atoms with van der Waals surface area (Å²) in [7, 11) is 0. The first-order valence-electron chi connectivity index (χ1n) is 8.55. The Morgan fingerprint density at radius 1 is 0.789 bits per heavy atom. The van der Waals surface area contributed by atoms with Gasteiger partial charge < -0.3 is 0 Å². The quantitative estimate of drug-likeness (QED) is 0.485. The van der Waals surface area contributed by atoms with Crippen molar-refractivity contribution < 1.29 is 4.39 Å². The van der Waals surface area contributed by atoms with E-state index in [4.69, 9.17) is 0 Å². The molecule has 0 fully saturated rings. The van der Waals surface area contributed by atoms with E-state index in [1.807, 2.05) is 0 Å². The van der Waals surface area contributed by atoms with Crippen molar-refractivity contribution >= 4 is 0 Å². The zero-order chi connectivity index (χ0) is 13.7. The van der Waals surface area contributed by atoms with Gasteiger partial charge in [-0.15, -0.1) is 0 Å². The molecule has 2 rings (SSSR count). The third-order valence-corrected chi connectivity index (χ3v) is 5.27. The van der Waals surface area contributed by atoms with E-state index in [0.29, 0.717) is 0 Å². The molecule has 2 aliphatic rings. The second kappa shape index (κ2) is 6.90. The fraction of sp³-hybridized carbons (Fsp3) is 0.889. The van der Waals surface area contributed by atoms with Crippen molar-refractivity contribution in [1.29, 1.82) is 0 Å². The molecule has 0 bridgehead atoms. The van der Waals surface area contributed by atoms with Gasteiger partial charge in [0.05, 0.1) is 0 Å². The summed E-state index contributed by atoms with van der Waals surface area (Å²) in [4.78, 5) is 0. The maximum absolute atomic E-state index is 15.7. The van der Waals surface area contributed by atoms with E-state index in [0.717, 1.165) is 19.3 Å². The maximum atomic E-state index is 15.7.